The average molecular weight is 228 g/mol. The van der Waals surface area contributed by atoms with Gasteiger partial charge in [0.2, 0.25) is 0 Å². The zero-order valence-electron chi connectivity index (χ0n) is 8.30. The van der Waals surface area contributed by atoms with Gasteiger partial charge < -0.3 is 10.5 Å². The van der Waals surface area contributed by atoms with Crippen LogP contribution in [-0.4, -0.2) is 24.4 Å². The Morgan fingerprint density at radius 3 is 2.93 bits per heavy atom. The summed E-state index contributed by atoms with van der Waals surface area (Å²) in [5.41, 5.74) is 5.62. The van der Waals surface area contributed by atoms with E-state index in [0.29, 0.717) is 6.61 Å². The van der Waals surface area contributed by atoms with Crippen molar-refractivity contribution in [1.29, 1.82) is 0 Å². The number of hydrogen-bond acceptors (Lipinski definition) is 5. The van der Waals surface area contributed by atoms with Gasteiger partial charge in [-0.2, -0.15) is 0 Å². The molecule has 5 nitrogen and oxygen atoms in total. The van der Waals surface area contributed by atoms with Crippen LogP contribution in [0.15, 0.2) is 23.1 Å². The maximum Gasteiger partial charge on any atom is 0.293 e. The van der Waals surface area contributed by atoms with Crippen LogP contribution in [0, 0.1) is 10.1 Å². The summed E-state index contributed by atoms with van der Waals surface area (Å²) < 4.78 is 4.89. The largest absolute Gasteiger partial charge is 0.393 e. The Kier molecular flexibility index (Phi) is 4.38. The van der Waals surface area contributed by atoms with Gasteiger partial charge in [-0.1, -0.05) is 0 Å². The molecule has 0 saturated heterocycles. The molecular formula is C9H12N2O3S. The monoisotopic (exact) mass is 228 g/mol. The van der Waals surface area contributed by atoms with Crippen molar-refractivity contribution in [3.05, 3.63) is 28.3 Å². The fourth-order valence-electron chi connectivity index (χ4n) is 1.01. The van der Waals surface area contributed by atoms with Crippen LogP contribution in [0.2, 0.25) is 0 Å². The van der Waals surface area contributed by atoms with Crippen LogP contribution < -0.4 is 5.73 Å². The van der Waals surface area contributed by atoms with E-state index in [1.54, 1.807) is 19.2 Å². The van der Waals surface area contributed by atoms with Crippen molar-refractivity contribution >= 4 is 23.1 Å². The molecule has 1 aromatic rings. The van der Waals surface area contributed by atoms with E-state index in [2.05, 4.69) is 0 Å². The Hall–Kier alpha value is -1.27. The predicted molar refractivity (Wildman–Crippen MR) is 60.1 cm³/mol. The minimum Gasteiger partial charge on any atom is -0.393 e. The molecule has 0 radical (unpaired) electrons. The first kappa shape index (κ1) is 11.8. The molecule has 6 heteroatoms. The molecule has 0 unspecified atom stereocenters. The zero-order chi connectivity index (χ0) is 11.3. The van der Waals surface area contributed by atoms with E-state index in [0.717, 1.165) is 10.6 Å². The second kappa shape index (κ2) is 5.57. The SMILES string of the molecule is COCCSc1ccc(N)c([N+](=O)[O-])c1. The number of thioether (sulfide) groups is 1. The van der Waals surface area contributed by atoms with Crippen molar-refractivity contribution in [1.82, 2.24) is 0 Å². The van der Waals surface area contributed by atoms with Gasteiger partial charge in [0.1, 0.15) is 5.69 Å². The first-order valence-corrected chi connectivity index (χ1v) is 5.29. The molecule has 0 aliphatic rings. The third-order valence-electron chi connectivity index (χ3n) is 1.75. The Morgan fingerprint density at radius 2 is 2.33 bits per heavy atom. The Morgan fingerprint density at radius 1 is 1.60 bits per heavy atom. The van der Waals surface area contributed by atoms with Crippen molar-refractivity contribution in [2.75, 3.05) is 25.2 Å². The maximum atomic E-state index is 10.6. The number of anilines is 1. The van der Waals surface area contributed by atoms with Crippen molar-refractivity contribution in [3.8, 4) is 0 Å². The summed E-state index contributed by atoms with van der Waals surface area (Å²) in [5.74, 6) is 0.761. The van der Waals surface area contributed by atoms with Crippen LogP contribution >= 0.6 is 11.8 Å². The molecule has 0 aromatic heterocycles. The van der Waals surface area contributed by atoms with Gasteiger partial charge in [0.25, 0.3) is 5.69 Å². The number of methoxy groups -OCH3 is 1. The quantitative estimate of drug-likeness (QED) is 0.274. The van der Waals surface area contributed by atoms with Crippen LogP contribution in [0.1, 0.15) is 0 Å². The summed E-state index contributed by atoms with van der Waals surface area (Å²) in [5, 5.41) is 10.6. The van der Waals surface area contributed by atoms with Crippen LogP contribution in [0.4, 0.5) is 11.4 Å². The minimum atomic E-state index is -0.476. The highest BCUT2D eigenvalue weighted by atomic mass is 32.2. The molecule has 82 valence electrons. The predicted octanol–water partition coefficient (Wildman–Crippen LogP) is 1.92. The Labute approximate surface area is 91.8 Å². The molecule has 0 aliphatic heterocycles. The van der Waals surface area contributed by atoms with Gasteiger partial charge in [-0.25, -0.2) is 0 Å². The number of ether oxygens (including phenoxy) is 1. The highest BCUT2D eigenvalue weighted by Crippen LogP contribution is 2.27. The fraction of sp³-hybridized carbons (Fsp3) is 0.333. The van der Waals surface area contributed by atoms with E-state index >= 15 is 0 Å². The summed E-state index contributed by atoms with van der Waals surface area (Å²) in [6.07, 6.45) is 0. The number of nitro groups is 1. The van der Waals surface area contributed by atoms with E-state index in [1.807, 2.05) is 0 Å². The Balaban J connectivity index is 2.74. The molecule has 1 aromatic carbocycles. The van der Waals surface area contributed by atoms with E-state index in [9.17, 15) is 10.1 Å². The molecule has 2 N–H and O–H groups in total. The van der Waals surface area contributed by atoms with Crippen LogP contribution in [0.3, 0.4) is 0 Å². The lowest BCUT2D eigenvalue weighted by atomic mass is 10.3. The molecule has 0 amide bonds. The normalized spacial score (nSPS) is 10.2. The van der Waals surface area contributed by atoms with Crippen molar-refractivity contribution in [2.45, 2.75) is 4.90 Å². The molecule has 0 fully saturated rings. The van der Waals surface area contributed by atoms with Crippen molar-refractivity contribution in [2.24, 2.45) is 0 Å². The second-order valence-corrected chi connectivity index (χ2v) is 3.99. The molecule has 0 heterocycles. The molecule has 1 rings (SSSR count). The molecular weight excluding hydrogens is 216 g/mol. The van der Waals surface area contributed by atoms with Gasteiger partial charge >= 0.3 is 0 Å². The number of benzene rings is 1. The van der Waals surface area contributed by atoms with Gasteiger partial charge in [-0.05, 0) is 12.1 Å². The molecule has 0 atom stereocenters. The van der Waals surface area contributed by atoms with Crippen molar-refractivity contribution < 1.29 is 9.66 Å². The highest BCUT2D eigenvalue weighted by molar-refractivity contribution is 7.99. The highest BCUT2D eigenvalue weighted by Gasteiger charge is 2.11. The van der Waals surface area contributed by atoms with Gasteiger partial charge in [-0.3, -0.25) is 10.1 Å². The van der Waals surface area contributed by atoms with Crippen LogP contribution in [0.25, 0.3) is 0 Å². The smallest absolute Gasteiger partial charge is 0.293 e. The number of nitrogens with zero attached hydrogens (tertiary/aromatic N) is 1. The number of nitrogen functional groups attached to an aromatic ring is 1. The summed E-state index contributed by atoms with van der Waals surface area (Å²) in [4.78, 5) is 10.9. The summed E-state index contributed by atoms with van der Waals surface area (Å²) in [6.45, 7) is 0.614. The topological polar surface area (TPSA) is 78.4 Å². The van der Waals surface area contributed by atoms with E-state index in [1.165, 1.54) is 17.8 Å². The second-order valence-electron chi connectivity index (χ2n) is 2.82. The molecule has 0 spiro atoms. The van der Waals surface area contributed by atoms with Crippen LogP contribution in [0.5, 0.6) is 0 Å². The number of nitrogens with two attached hydrogens (primary N) is 1. The van der Waals surface area contributed by atoms with E-state index in [4.69, 9.17) is 10.5 Å². The fourth-order valence-corrected chi connectivity index (χ4v) is 1.86. The lowest BCUT2D eigenvalue weighted by molar-refractivity contribution is -0.384. The Bertz CT molecular complexity index is 357. The van der Waals surface area contributed by atoms with Crippen LogP contribution in [-0.2, 0) is 4.74 Å². The minimum absolute atomic E-state index is 0.0441. The van der Waals surface area contributed by atoms with Gasteiger partial charge in [0.05, 0.1) is 11.5 Å². The lowest BCUT2D eigenvalue weighted by Gasteiger charge is -2.02. The number of nitro benzene ring substituents is 1. The first-order valence-electron chi connectivity index (χ1n) is 4.31. The third-order valence-corrected chi connectivity index (χ3v) is 2.71. The van der Waals surface area contributed by atoms with Crippen molar-refractivity contribution in [3.63, 3.8) is 0 Å². The van der Waals surface area contributed by atoms with E-state index in [-0.39, 0.29) is 11.4 Å². The summed E-state index contributed by atoms with van der Waals surface area (Å²) in [6, 6.07) is 4.80. The van der Waals surface area contributed by atoms with Gasteiger partial charge in [0, 0.05) is 23.8 Å². The molecule has 15 heavy (non-hydrogen) atoms. The summed E-state index contributed by atoms with van der Waals surface area (Å²) >= 11 is 1.50. The number of hydrogen-bond donors (Lipinski definition) is 1. The lowest BCUT2D eigenvalue weighted by Crippen LogP contribution is -1.96. The average Bonchev–Trinajstić information content (AvgIpc) is 2.20. The maximum absolute atomic E-state index is 10.6. The first-order chi connectivity index (χ1) is 7.15. The summed E-state index contributed by atoms with van der Waals surface area (Å²) in [7, 11) is 1.62. The van der Waals surface area contributed by atoms with Gasteiger partial charge in [-0.15, -0.1) is 11.8 Å². The molecule has 0 saturated carbocycles. The molecule has 0 bridgehead atoms. The standard InChI is InChI=1S/C9H12N2O3S/c1-14-4-5-15-7-2-3-8(10)9(6-7)11(12)13/h2-3,6H,4-5,10H2,1H3. The zero-order valence-corrected chi connectivity index (χ0v) is 9.12. The van der Waals surface area contributed by atoms with Gasteiger partial charge in [0.15, 0.2) is 0 Å². The third kappa shape index (κ3) is 3.41. The molecule has 0 aliphatic carbocycles. The van der Waals surface area contributed by atoms with E-state index < -0.39 is 4.92 Å². The number of rotatable bonds is 5.